The van der Waals surface area contributed by atoms with E-state index in [9.17, 15) is 14.9 Å². The SMILES string of the molecule is Cc1c(C(=O)OC2CC3CCC2(C)C3(C)C)cccc1[N+](=O)[O-]. The minimum Gasteiger partial charge on any atom is -0.458 e. The predicted molar refractivity (Wildman–Crippen MR) is 86.3 cm³/mol. The van der Waals surface area contributed by atoms with Crippen LogP contribution in [0.4, 0.5) is 5.69 Å². The van der Waals surface area contributed by atoms with Crippen LogP contribution >= 0.6 is 0 Å². The van der Waals surface area contributed by atoms with E-state index < -0.39 is 10.9 Å². The quantitative estimate of drug-likeness (QED) is 0.474. The van der Waals surface area contributed by atoms with Crippen molar-refractivity contribution in [3.63, 3.8) is 0 Å². The van der Waals surface area contributed by atoms with Gasteiger partial charge in [0.05, 0.1) is 10.5 Å². The average molecular weight is 317 g/mol. The predicted octanol–water partition coefficient (Wildman–Crippen LogP) is 4.27. The number of ether oxygens (including phenoxy) is 1. The molecule has 0 N–H and O–H groups in total. The molecule has 124 valence electrons. The summed E-state index contributed by atoms with van der Waals surface area (Å²) >= 11 is 0. The molecule has 0 heterocycles. The van der Waals surface area contributed by atoms with Gasteiger partial charge in [-0.05, 0) is 43.6 Å². The number of carbonyl (C=O) groups is 1. The molecule has 3 unspecified atom stereocenters. The molecule has 23 heavy (non-hydrogen) atoms. The number of nitro groups is 1. The number of carbonyl (C=O) groups excluding carboxylic acids is 1. The van der Waals surface area contributed by atoms with Crippen LogP contribution in [-0.4, -0.2) is 17.0 Å². The van der Waals surface area contributed by atoms with Crippen molar-refractivity contribution in [2.45, 2.75) is 53.1 Å². The number of rotatable bonds is 3. The first-order valence-corrected chi connectivity index (χ1v) is 8.13. The van der Waals surface area contributed by atoms with Gasteiger partial charge in [-0.15, -0.1) is 0 Å². The molecule has 1 aromatic carbocycles. The molecular formula is C18H23NO4. The Balaban J connectivity index is 1.84. The van der Waals surface area contributed by atoms with E-state index in [0.717, 1.165) is 12.8 Å². The molecule has 1 aromatic rings. The van der Waals surface area contributed by atoms with E-state index in [1.54, 1.807) is 13.0 Å². The Morgan fingerprint density at radius 1 is 1.35 bits per heavy atom. The van der Waals surface area contributed by atoms with Crippen molar-refractivity contribution in [2.24, 2.45) is 16.7 Å². The lowest BCUT2D eigenvalue weighted by Crippen LogP contribution is -2.38. The van der Waals surface area contributed by atoms with E-state index in [-0.39, 0.29) is 22.6 Å². The van der Waals surface area contributed by atoms with Crippen LogP contribution in [0.2, 0.25) is 0 Å². The average Bonchev–Trinajstić information content (AvgIpc) is 2.80. The van der Waals surface area contributed by atoms with Crippen molar-refractivity contribution in [3.8, 4) is 0 Å². The first-order valence-electron chi connectivity index (χ1n) is 8.13. The fourth-order valence-corrected chi connectivity index (χ4v) is 4.54. The first kappa shape index (κ1) is 16.0. The molecule has 2 fully saturated rings. The Hall–Kier alpha value is -1.91. The molecule has 0 aliphatic heterocycles. The van der Waals surface area contributed by atoms with Crippen molar-refractivity contribution in [1.82, 2.24) is 0 Å². The molecule has 2 aliphatic carbocycles. The van der Waals surface area contributed by atoms with Crippen LogP contribution < -0.4 is 0 Å². The van der Waals surface area contributed by atoms with E-state index in [1.165, 1.54) is 18.6 Å². The minimum absolute atomic E-state index is 0.0120. The van der Waals surface area contributed by atoms with Gasteiger partial charge < -0.3 is 4.74 Å². The number of nitro benzene ring substituents is 1. The lowest BCUT2D eigenvalue weighted by atomic mass is 9.70. The topological polar surface area (TPSA) is 69.4 Å². The van der Waals surface area contributed by atoms with Gasteiger partial charge in [-0.3, -0.25) is 10.1 Å². The van der Waals surface area contributed by atoms with Crippen molar-refractivity contribution in [1.29, 1.82) is 0 Å². The van der Waals surface area contributed by atoms with Gasteiger partial charge >= 0.3 is 5.97 Å². The zero-order valence-corrected chi connectivity index (χ0v) is 14.1. The van der Waals surface area contributed by atoms with Gasteiger partial charge in [0.1, 0.15) is 6.10 Å². The van der Waals surface area contributed by atoms with Crippen LogP contribution in [0.15, 0.2) is 18.2 Å². The Labute approximate surface area is 136 Å². The summed E-state index contributed by atoms with van der Waals surface area (Å²) in [5.74, 6) is 0.136. The van der Waals surface area contributed by atoms with Gasteiger partial charge in [0, 0.05) is 17.0 Å². The molecule has 2 bridgehead atoms. The van der Waals surface area contributed by atoms with Crippen LogP contribution in [0.3, 0.4) is 0 Å². The fourth-order valence-electron chi connectivity index (χ4n) is 4.54. The standard InChI is InChI=1S/C18H23NO4/c1-11-13(6-5-7-14(11)19(21)22)16(20)23-15-10-12-8-9-18(15,4)17(12,2)3/h5-7,12,15H,8-10H2,1-4H3. The number of esters is 1. The monoisotopic (exact) mass is 317 g/mol. The molecule has 5 heteroatoms. The van der Waals surface area contributed by atoms with E-state index in [1.807, 2.05) is 0 Å². The largest absolute Gasteiger partial charge is 0.458 e. The number of fused-ring (bicyclic) bond motifs is 2. The Morgan fingerprint density at radius 3 is 2.57 bits per heavy atom. The van der Waals surface area contributed by atoms with Crippen molar-refractivity contribution < 1.29 is 14.5 Å². The molecule has 0 amide bonds. The second-order valence-corrected chi connectivity index (χ2v) is 7.71. The Morgan fingerprint density at radius 2 is 2.04 bits per heavy atom. The zero-order chi connectivity index (χ0) is 17.0. The van der Waals surface area contributed by atoms with Crippen molar-refractivity contribution in [2.75, 3.05) is 0 Å². The lowest BCUT2D eigenvalue weighted by Gasteiger charge is -2.38. The third kappa shape index (κ3) is 2.17. The number of benzene rings is 1. The molecular weight excluding hydrogens is 294 g/mol. The Kier molecular flexibility index (Phi) is 3.50. The maximum absolute atomic E-state index is 12.6. The molecule has 5 nitrogen and oxygen atoms in total. The van der Waals surface area contributed by atoms with Crippen LogP contribution in [-0.2, 0) is 4.74 Å². The Bertz CT molecular complexity index is 682. The lowest BCUT2D eigenvalue weighted by molar-refractivity contribution is -0.385. The highest BCUT2D eigenvalue weighted by atomic mass is 16.6. The third-order valence-electron chi connectivity index (χ3n) is 6.69. The summed E-state index contributed by atoms with van der Waals surface area (Å²) in [5, 5.41) is 11.0. The van der Waals surface area contributed by atoms with Gasteiger partial charge in [0.15, 0.2) is 0 Å². The van der Waals surface area contributed by atoms with E-state index in [2.05, 4.69) is 20.8 Å². The summed E-state index contributed by atoms with van der Waals surface area (Å²) in [7, 11) is 0. The van der Waals surface area contributed by atoms with Gasteiger partial charge in [-0.2, -0.15) is 0 Å². The second kappa shape index (κ2) is 5.05. The highest BCUT2D eigenvalue weighted by Crippen LogP contribution is 2.66. The summed E-state index contributed by atoms with van der Waals surface area (Å²) in [6, 6.07) is 4.55. The van der Waals surface area contributed by atoms with Gasteiger partial charge in [0.2, 0.25) is 0 Å². The number of hydrogen-bond acceptors (Lipinski definition) is 4. The second-order valence-electron chi connectivity index (χ2n) is 7.71. The highest BCUT2D eigenvalue weighted by molar-refractivity contribution is 5.92. The zero-order valence-electron chi connectivity index (χ0n) is 14.1. The smallest absolute Gasteiger partial charge is 0.338 e. The maximum atomic E-state index is 12.6. The normalized spacial score (nSPS) is 31.1. The minimum atomic E-state index is -0.464. The molecule has 3 rings (SSSR count). The molecule has 0 aromatic heterocycles. The molecule has 0 saturated heterocycles. The highest BCUT2D eigenvalue weighted by Gasteiger charge is 2.62. The van der Waals surface area contributed by atoms with Crippen molar-refractivity contribution >= 4 is 11.7 Å². The first-order chi connectivity index (χ1) is 10.7. The third-order valence-corrected chi connectivity index (χ3v) is 6.69. The summed E-state index contributed by atoms with van der Waals surface area (Å²) in [6.07, 6.45) is 3.04. The molecule has 0 radical (unpaired) electrons. The fraction of sp³-hybridized carbons (Fsp3) is 0.611. The van der Waals surface area contributed by atoms with Gasteiger partial charge in [0.25, 0.3) is 5.69 Å². The molecule has 3 atom stereocenters. The number of hydrogen-bond donors (Lipinski definition) is 0. The van der Waals surface area contributed by atoms with Gasteiger partial charge in [-0.25, -0.2) is 4.79 Å². The number of nitrogens with zero attached hydrogens (tertiary/aromatic N) is 1. The molecule has 2 saturated carbocycles. The van der Waals surface area contributed by atoms with E-state index >= 15 is 0 Å². The molecule has 2 aliphatic rings. The summed E-state index contributed by atoms with van der Waals surface area (Å²) < 4.78 is 5.82. The maximum Gasteiger partial charge on any atom is 0.338 e. The summed E-state index contributed by atoms with van der Waals surface area (Å²) in [4.78, 5) is 23.2. The van der Waals surface area contributed by atoms with Crippen LogP contribution in [0, 0.1) is 33.8 Å². The summed E-state index contributed by atoms with van der Waals surface area (Å²) in [5.41, 5.74) is 0.773. The molecule has 0 spiro atoms. The van der Waals surface area contributed by atoms with Crippen LogP contribution in [0.1, 0.15) is 56.0 Å². The van der Waals surface area contributed by atoms with Crippen LogP contribution in [0.5, 0.6) is 0 Å². The van der Waals surface area contributed by atoms with Crippen molar-refractivity contribution in [3.05, 3.63) is 39.4 Å². The van der Waals surface area contributed by atoms with E-state index in [0.29, 0.717) is 17.0 Å². The van der Waals surface area contributed by atoms with E-state index in [4.69, 9.17) is 4.74 Å². The summed E-state index contributed by atoms with van der Waals surface area (Å²) in [6.45, 7) is 8.33. The van der Waals surface area contributed by atoms with Gasteiger partial charge in [-0.1, -0.05) is 26.8 Å². The van der Waals surface area contributed by atoms with Crippen LogP contribution in [0.25, 0.3) is 0 Å².